The van der Waals surface area contributed by atoms with Gasteiger partial charge in [-0.3, -0.25) is 19.3 Å². The zero-order valence-electron chi connectivity index (χ0n) is 15.3. The molecule has 140 valence electrons. The number of pyridine rings is 1. The predicted molar refractivity (Wildman–Crippen MR) is 107 cm³/mol. The SMILES string of the molecule is N#Cc1c(-c2ccc([N+](=O)[O-])cc2)c2c(n3c1nc1ccccc13)CCCC2=O. The van der Waals surface area contributed by atoms with E-state index in [0.29, 0.717) is 40.7 Å². The second kappa shape index (κ2) is 6.24. The molecule has 0 radical (unpaired) electrons. The van der Waals surface area contributed by atoms with Crippen molar-refractivity contribution in [3.05, 3.63) is 75.5 Å². The van der Waals surface area contributed by atoms with Gasteiger partial charge in [0.05, 0.1) is 16.0 Å². The van der Waals surface area contributed by atoms with E-state index in [2.05, 4.69) is 11.1 Å². The Balaban J connectivity index is 1.94. The molecular weight excluding hydrogens is 368 g/mol. The molecule has 4 aromatic rings. The van der Waals surface area contributed by atoms with E-state index in [1.165, 1.54) is 12.1 Å². The van der Waals surface area contributed by atoms with Crippen molar-refractivity contribution in [2.24, 2.45) is 0 Å². The van der Waals surface area contributed by atoms with Crippen molar-refractivity contribution in [1.82, 2.24) is 9.38 Å². The number of carbonyl (C=O) groups is 1. The van der Waals surface area contributed by atoms with Gasteiger partial charge in [-0.2, -0.15) is 5.26 Å². The van der Waals surface area contributed by atoms with Gasteiger partial charge in [-0.15, -0.1) is 0 Å². The Kier molecular flexibility index (Phi) is 3.68. The van der Waals surface area contributed by atoms with Crippen LogP contribution in [0.5, 0.6) is 0 Å². The number of nitriles is 1. The van der Waals surface area contributed by atoms with E-state index in [1.54, 1.807) is 12.1 Å². The molecule has 7 heteroatoms. The molecule has 0 fully saturated rings. The number of para-hydroxylation sites is 2. The maximum atomic E-state index is 13.0. The van der Waals surface area contributed by atoms with Gasteiger partial charge in [0.25, 0.3) is 5.69 Å². The number of nitro benzene ring substituents is 1. The lowest BCUT2D eigenvalue weighted by Crippen LogP contribution is -2.18. The smallest absolute Gasteiger partial charge is 0.269 e. The molecule has 0 atom stereocenters. The van der Waals surface area contributed by atoms with Crippen LogP contribution in [-0.2, 0) is 6.42 Å². The molecule has 0 unspecified atom stereocenters. The lowest BCUT2D eigenvalue weighted by Gasteiger charge is -2.22. The van der Waals surface area contributed by atoms with Gasteiger partial charge in [-0.1, -0.05) is 12.1 Å². The quantitative estimate of drug-likeness (QED) is 0.376. The number of imidazole rings is 1. The van der Waals surface area contributed by atoms with Gasteiger partial charge >= 0.3 is 0 Å². The summed E-state index contributed by atoms with van der Waals surface area (Å²) in [5.41, 5.74) is 4.89. The second-order valence-electron chi connectivity index (χ2n) is 7.02. The van der Waals surface area contributed by atoms with Crippen LogP contribution in [0.2, 0.25) is 0 Å². The molecule has 0 aliphatic heterocycles. The number of rotatable bonds is 2. The van der Waals surface area contributed by atoms with E-state index < -0.39 is 4.92 Å². The van der Waals surface area contributed by atoms with Crippen molar-refractivity contribution in [3.8, 4) is 17.2 Å². The summed E-state index contributed by atoms with van der Waals surface area (Å²) in [4.78, 5) is 28.2. The Labute approximate surface area is 165 Å². The van der Waals surface area contributed by atoms with Crippen LogP contribution in [-0.4, -0.2) is 20.1 Å². The van der Waals surface area contributed by atoms with Crippen molar-refractivity contribution in [2.75, 3.05) is 0 Å². The number of nitro groups is 1. The first-order chi connectivity index (χ1) is 14.1. The number of hydrogen-bond acceptors (Lipinski definition) is 5. The average Bonchev–Trinajstić information content (AvgIpc) is 3.12. The number of Topliss-reactive ketones (excluding diaryl/α,β-unsaturated/α-hetero) is 1. The molecule has 0 bridgehead atoms. The third-order valence-electron chi connectivity index (χ3n) is 5.42. The Hall–Kier alpha value is -4.05. The van der Waals surface area contributed by atoms with Gasteiger partial charge in [0.15, 0.2) is 11.4 Å². The topological polar surface area (TPSA) is 101 Å². The minimum Gasteiger partial charge on any atom is -0.295 e. The van der Waals surface area contributed by atoms with Crippen LogP contribution in [0.25, 0.3) is 27.8 Å². The van der Waals surface area contributed by atoms with Crippen LogP contribution in [0.15, 0.2) is 48.5 Å². The molecule has 0 spiro atoms. The third-order valence-corrected chi connectivity index (χ3v) is 5.42. The lowest BCUT2D eigenvalue weighted by molar-refractivity contribution is -0.384. The Morgan fingerprint density at radius 2 is 1.83 bits per heavy atom. The molecule has 0 saturated carbocycles. The van der Waals surface area contributed by atoms with Gasteiger partial charge in [-0.05, 0) is 42.7 Å². The molecule has 0 amide bonds. The number of aryl methyl sites for hydroxylation is 1. The van der Waals surface area contributed by atoms with E-state index in [-0.39, 0.29) is 11.5 Å². The summed E-state index contributed by atoms with van der Waals surface area (Å²) in [6.07, 6.45) is 1.85. The van der Waals surface area contributed by atoms with Crippen LogP contribution in [0.4, 0.5) is 5.69 Å². The summed E-state index contributed by atoms with van der Waals surface area (Å²) in [6.45, 7) is 0. The van der Waals surface area contributed by atoms with Crippen LogP contribution in [0, 0.1) is 21.4 Å². The number of non-ortho nitro benzene ring substituents is 1. The summed E-state index contributed by atoms with van der Waals surface area (Å²) >= 11 is 0. The summed E-state index contributed by atoms with van der Waals surface area (Å²) in [5.74, 6) is -0.0178. The summed E-state index contributed by atoms with van der Waals surface area (Å²) < 4.78 is 1.93. The van der Waals surface area contributed by atoms with Crippen molar-refractivity contribution in [3.63, 3.8) is 0 Å². The van der Waals surface area contributed by atoms with E-state index in [1.807, 2.05) is 28.7 Å². The monoisotopic (exact) mass is 382 g/mol. The number of ketones is 1. The standard InChI is InChI=1S/C22H14N4O3/c23-12-15-20(13-8-10-14(11-9-13)26(28)29)21-18(6-3-7-19(21)27)25-17-5-2-1-4-16(17)24-22(15)25/h1-2,4-5,8-11H,3,6-7H2. The van der Waals surface area contributed by atoms with Crippen LogP contribution < -0.4 is 0 Å². The van der Waals surface area contributed by atoms with E-state index in [4.69, 9.17) is 0 Å². The zero-order valence-corrected chi connectivity index (χ0v) is 15.3. The molecule has 7 nitrogen and oxygen atoms in total. The number of aromatic nitrogens is 2. The molecule has 0 N–H and O–H groups in total. The summed E-state index contributed by atoms with van der Waals surface area (Å²) in [5, 5.41) is 21.0. The van der Waals surface area contributed by atoms with Crippen molar-refractivity contribution < 1.29 is 9.72 Å². The van der Waals surface area contributed by atoms with E-state index >= 15 is 0 Å². The number of fused-ring (bicyclic) bond motifs is 5. The Morgan fingerprint density at radius 3 is 2.55 bits per heavy atom. The normalized spacial score (nSPS) is 13.4. The molecule has 2 heterocycles. The van der Waals surface area contributed by atoms with Gasteiger partial charge in [0.2, 0.25) is 0 Å². The molecule has 1 aliphatic rings. The van der Waals surface area contributed by atoms with Gasteiger partial charge in [0, 0.05) is 35.4 Å². The molecular formula is C22H14N4O3. The second-order valence-corrected chi connectivity index (χ2v) is 7.02. The van der Waals surface area contributed by atoms with E-state index in [0.717, 1.165) is 23.1 Å². The fraction of sp³-hybridized carbons (Fsp3) is 0.136. The fourth-order valence-electron chi connectivity index (χ4n) is 4.18. The predicted octanol–water partition coefficient (Wildman–Crippen LogP) is 4.45. The molecule has 0 saturated heterocycles. The molecule has 1 aliphatic carbocycles. The number of carbonyl (C=O) groups excluding carboxylic acids is 1. The van der Waals surface area contributed by atoms with Gasteiger partial charge < -0.3 is 0 Å². The largest absolute Gasteiger partial charge is 0.295 e. The maximum absolute atomic E-state index is 13.0. The molecule has 29 heavy (non-hydrogen) atoms. The van der Waals surface area contributed by atoms with E-state index in [9.17, 15) is 20.2 Å². The first-order valence-corrected chi connectivity index (χ1v) is 9.24. The first-order valence-electron chi connectivity index (χ1n) is 9.24. The minimum atomic E-state index is -0.472. The molecule has 2 aromatic heterocycles. The van der Waals surface area contributed by atoms with Gasteiger partial charge in [-0.25, -0.2) is 4.98 Å². The third kappa shape index (κ3) is 2.43. The first kappa shape index (κ1) is 17.1. The number of benzene rings is 2. The Bertz CT molecular complexity index is 1380. The molecule has 2 aromatic carbocycles. The van der Waals surface area contributed by atoms with Crippen molar-refractivity contribution in [2.45, 2.75) is 19.3 Å². The minimum absolute atomic E-state index is 0.0178. The highest BCUT2D eigenvalue weighted by Gasteiger charge is 2.29. The zero-order chi connectivity index (χ0) is 20.1. The highest BCUT2D eigenvalue weighted by Crippen LogP contribution is 2.38. The highest BCUT2D eigenvalue weighted by atomic mass is 16.6. The lowest BCUT2D eigenvalue weighted by atomic mass is 9.85. The van der Waals surface area contributed by atoms with Crippen LogP contribution in [0.3, 0.4) is 0 Å². The Morgan fingerprint density at radius 1 is 1.07 bits per heavy atom. The van der Waals surface area contributed by atoms with Crippen molar-refractivity contribution >= 4 is 28.2 Å². The highest BCUT2D eigenvalue weighted by molar-refractivity contribution is 6.07. The number of hydrogen-bond donors (Lipinski definition) is 0. The maximum Gasteiger partial charge on any atom is 0.269 e. The fourth-order valence-corrected chi connectivity index (χ4v) is 4.18. The number of nitrogens with zero attached hydrogens (tertiary/aromatic N) is 4. The van der Waals surface area contributed by atoms with Crippen LogP contribution >= 0.6 is 0 Å². The summed E-state index contributed by atoms with van der Waals surface area (Å²) in [7, 11) is 0. The summed E-state index contributed by atoms with van der Waals surface area (Å²) in [6, 6.07) is 15.8. The van der Waals surface area contributed by atoms with Gasteiger partial charge in [0.1, 0.15) is 11.6 Å². The van der Waals surface area contributed by atoms with Crippen molar-refractivity contribution in [1.29, 1.82) is 5.26 Å². The molecule has 5 rings (SSSR count). The average molecular weight is 382 g/mol. The van der Waals surface area contributed by atoms with Crippen LogP contribution in [0.1, 0.15) is 34.5 Å².